The first-order valence-corrected chi connectivity index (χ1v) is 14.9. The van der Waals surface area contributed by atoms with E-state index in [1.54, 1.807) is 25.1 Å². The average molecular weight is 586 g/mol. The Morgan fingerprint density at radius 2 is 1.68 bits per heavy atom. The van der Waals surface area contributed by atoms with Crippen molar-refractivity contribution in [3.63, 3.8) is 0 Å². The number of carbonyl (C=O) groups excluding carboxylic acids is 2. The fraction of sp³-hybridized carbons (Fsp3) is 0.333. The molecule has 2 atom stereocenters. The molecule has 10 heteroatoms. The summed E-state index contributed by atoms with van der Waals surface area (Å²) in [6, 6.07) is 18.9. The molecule has 0 aliphatic heterocycles. The molecule has 0 radical (unpaired) electrons. The van der Waals surface area contributed by atoms with Crippen molar-refractivity contribution < 1.29 is 22.7 Å². The van der Waals surface area contributed by atoms with Gasteiger partial charge in [0.1, 0.15) is 18.3 Å². The molecule has 3 aromatic rings. The van der Waals surface area contributed by atoms with Gasteiger partial charge in [0.2, 0.25) is 11.8 Å². The van der Waals surface area contributed by atoms with Crippen LogP contribution < -0.4 is 14.4 Å². The van der Waals surface area contributed by atoms with Crippen LogP contribution in [-0.2, 0) is 26.2 Å². The van der Waals surface area contributed by atoms with Gasteiger partial charge in [-0.2, -0.15) is 0 Å². The largest absolute Gasteiger partial charge is 0.497 e. The number of benzene rings is 3. The molecule has 40 heavy (non-hydrogen) atoms. The van der Waals surface area contributed by atoms with E-state index in [1.165, 1.54) is 42.3 Å². The lowest BCUT2D eigenvalue weighted by Crippen LogP contribution is -2.52. The molecule has 1 N–H and O–H groups in total. The fourth-order valence-electron chi connectivity index (χ4n) is 4.09. The summed E-state index contributed by atoms with van der Waals surface area (Å²) in [6.45, 7) is 7.02. The van der Waals surface area contributed by atoms with Gasteiger partial charge in [-0.05, 0) is 75.2 Å². The van der Waals surface area contributed by atoms with Crippen LogP contribution in [0, 0.1) is 6.92 Å². The predicted octanol–water partition coefficient (Wildman–Crippen LogP) is 5.18. The standard InChI is InChI=1S/C30H36ClN3O5S/c1-6-22(3)32-30(36)23(4)33(19-24-10-7-9-21(2)17-24)29(35)20-34(26-12-8-11-25(31)18-26)40(37,38)28-15-13-27(39-5)14-16-28/h7-18,22-23H,6,19-20H2,1-5H3,(H,32,36)/t22-,23+/m0/s1. The highest BCUT2D eigenvalue weighted by Crippen LogP contribution is 2.28. The number of sulfonamides is 1. The van der Waals surface area contributed by atoms with Crippen molar-refractivity contribution in [2.24, 2.45) is 0 Å². The van der Waals surface area contributed by atoms with Crippen molar-refractivity contribution in [1.82, 2.24) is 10.2 Å². The Labute approximate surface area is 241 Å². The molecule has 0 heterocycles. The summed E-state index contributed by atoms with van der Waals surface area (Å²) in [5, 5.41) is 3.24. The van der Waals surface area contributed by atoms with Crippen LogP contribution in [0.25, 0.3) is 0 Å². The summed E-state index contributed by atoms with van der Waals surface area (Å²) in [5.41, 5.74) is 2.05. The Morgan fingerprint density at radius 3 is 2.27 bits per heavy atom. The molecular weight excluding hydrogens is 550 g/mol. The molecule has 2 amide bonds. The van der Waals surface area contributed by atoms with Crippen LogP contribution in [0.3, 0.4) is 0 Å². The zero-order valence-corrected chi connectivity index (χ0v) is 25.0. The number of nitrogens with one attached hydrogen (secondary N) is 1. The third-order valence-corrected chi connectivity index (χ3v) is 8.65. The first kappa shape index (κ1) is 31.0. The minimum atomic E-state index is -4.20. The van der Waals surface area contributed by atoms with Gasteiger partial charge < -0.3 is 15.0 Å². The second-order valence-corrected chi connectivity index (χ2v) is 12.0. The third kappa shape index (κ3) is 7.76. The van der Waals surface area contributed by atoms with Crippen LogP contribution in [0.5, 0.6) is 5.75 Å². The van der Waals surface area contributed by atoms with Crippen molar-refractivity contribution in [2.45, 2.75) is 57.6 Å². The Bertz CT molecular complexity index is 1430. The fourth-order valence-corrected chi connectivity index (χ4v) is 5.68. The number of amides is 2. The van der Waals surface area contributed by atoms with Gasteiger partial charge >= 0.3 is 0 Å². The summed E-state index contributed by atoms with van der Waals surface area (Å²) in [4.78, 5) is 28.5. The van der Waals surface area contributed by atoms with Gasteiger partial charge in [0, 0.05) is 17.6 Å². The van der Waals surface area contributed by atoms with Gasteiger partial charge in [0.15, 0.2) is 0 Å². The lowest BCUT2D eigenvalue weighted by atomic mass is 10.1. The molecule has 0 spiro atoms. The van der Waals surface area contributed by atoms with Gasteiger partial charge in [-0.25, -0.2) is 8.42 Å². The highest BCUT2D eigenvalue weighted by atomic mass is 35.5. The Hall–Kier alpha value is -3.56. The van der Waals surface area contributed by atoms with Crippen molar-refractivity contribution >= 4 is 39.1 Å². The van der Waals surface area contributed by atoms with E-state index in [2.05, 4.69) is 5.32 Å². The molecular formula is C30H36ClN3O5S. The smallest absolute Gasteiger partial charge is 0.264 e. The Morgan fingerprint density at radius 1 is 1.00 bits per heavy atom. The molecule has 0 saturated heterocycles. The van der Waals surface area contributed by atoms with E-state index < -0.39 is 28.5 Å². The molecule has 0 aliphatic rings. The maximum atomic E-state index is 14.0. The lowest BCUT2D eigenvalue weighted by molar-refractivity contribution is -0.139. The van der Waals surface area contributed by atoms with Gasteiger partial charge in [0.05, 0.1) is 17.7 Å². The minimum Gasteiger partial charge on any atom is -0.497 e. The summed E-state index contributed by atoms with van der Waals surface area (Å²) in [6.07, 6.45) is 0.729. The van der Waals surface area contributed by atoms with E-state index in [9.17, 15) is 18.0 Å². The molecule has 0 aliphatic carbocycles. The maximum absolute atomic E-state index is 14.0. The molecule has 0 fully saturated rings. The summed E-state index contributed by atoms with van der Waals surface area (Å²) >= 11 is 6.21. The number of carbonyl (C=O) groups is 2. The van der Waals surface area contributed by atoms with Gasteiger partial charge in [0.25, 0.3) is 10.0 Å². The lowest BCUT2D eigenvalue weighted by Gasteiger charge is -2.32. The molecule has 0 unspecified atom stereocenters. The highest BCUT2D eigenvalue weighted by Gasteiger charge is 2.33. The number of aryl methyl sites for hydroxylation is 1. The maximum Gasteiger partial charge on any atom is 0.264 e. The third-order valence-electron chi connectivity index (χ3n) is 6.63. The van der Waals surface area contributed by atoms with Crippen molar-refractivity contribution in [1.29, 1.82) is 0 Å². The van der Waals surface area contributed by atoms with E-state index >= 15 is 0 Å². The molecule has 3 rings (SSSR count). The second-order valence-electron chi connectivity index (χ2n) is 9.67. The van der Waals surface area contributed by atoms with Crippen LogP contribution in [0.4, 0.5) is 5.69 Å². The monoisotopic (exact) mass is 585 g/mol. The zero-order valence-electron chi connectivity index (χ0n) is 23.4. The summed E-state index contributed by atoms with van der Waals surface area (Å²) < 4.78 is 34.0. The van der Waals surface area contributed by atoms with Crippen molar-refractivity contribution in [3.05, 3.63) is 88.9 Å². The average Bonchev–Trinajstić information content (AvgIpc) is 2.93. The number of rotatable bonds is 12. The van der Waals surface area contributed by atoms with Gasteiger partial charge in [-0.3, -0.25) is 13.9 Å². The number of methoxy groups -OCH3 is 1. The number of ether oxygens (including phenoxy) is 1. The molecule has 8 nitrogen and oxygen atoms in total. The normalized spacial score (nSPS) is 12.8. The quantitative estimate of drug-likeness (QED) is 0.316. The Kier molecular flexibility index (Phi) is 10.6. The minimum absolute atomic E-state index is 0.0196. The molecule has 0 aromatic heterocycles. The predicted molar refractivity (Wildman–Crippen MR) is 158 cm³/mol. The number of nitrogens with zero attached hydrogens (tertiary/aromatic N) is 2. The second kappa shape index (κ2) is 13.7. The molecule has 0 bridgehead atoms. The summed E-state index contributed by atoms with van der Waals surface area (Å²) in [5.74, 6) is -0.358. The number of anilines is 1. The number of halogens is 1. The zero-order chi connectivity index (χ0) is 29.4. The molecule has 0 saturated carbocycles. The van der Waals surface area contributed by atoms with E-state index in [0.29, 0.717) is 10.8 Å². The first-order valence-electron chi connectivity index (χ1n) is 13.0. The van der Waals surface area contributed by atoms with Crippen LogP contribution in [0.1, 0.15) is 38.3 Å². The highest BCUT2D eigenvalue weighted by molar-refractivity contribution is 7.92. The topological polar surface area (TPSA) is 96.0 Å². The Balaban J connectivity index is 2.03. The SMILES string of the molecule is CC[C@H](C)NC(=O)[C@@H](C)N(Cc1cccc(C)c1)C(=O)CN(c1cccc(Cl)c1)S(=O)(=O)c1ccc(OC)cc1. The first-order chi connectivity index (χ1) is 19.0. The van der Waals surface area contributed by atoms with Gasteiger partial charge in [-0.1, -0.05) is 54.4 Å². The van der Waals surface area contributed by atoms with Crippen LogP contribution in [0.2, 0.25) is 5.02 Å². The molecule has 214 valence electrons. The van der Waals surface area contributed by atoms with Crippen LogP contribution in [0.15, 0.2) is 77.7 Å². The van der Waals surface area contributed by atoms with Crippen LogP contribution in [-0.4, -0.2) is 50.9 Å². The molecule has 3 aromatic carbocycles. The van der Waals surface area contributed by atoms with Crippen LogP contribution >= 0.6 is 11.6 Å². The van der Waals surface area contributed by atoms with Crippen molar-refractivity contribution in [3.8, 4) is 5.75 Å². The van der Waals surface area contributed by atoms with E-state index in [4.69, 9.17) is 16.3 Å². The summed E-state index contributed by atoms with van der Waals surface area (Å²) in [7, 11) is -2.71. The number of hydrogen-bond donors (Lipinski definition) is 1. The van der Waals surface area contributed by atoms with E-state index in [-0.39, 0.29) is 29.1 Å². The van der Waals surface area contributed by atoms with E-state index in [1.807, 2.05) is 45.0 Å². The van der Waals surface area contributed by atoms with Gasteiger partial charge in [-0.15, -0.1) is 0 Å². The van der Waals surface area contributed by atoms with E-state index in [0.717, 1.165) is 21.9 Å². The number of hydrogen-bond acceptors (Lipinski definition) is 5. The van der Waals surface area contributed by atoms with Crippen molar-refractivity contribution in [2.75, 3.05) is 18.0 Å².